The highest BCUT2D eigenvalue weighted by Gasteiger charge is 2.17. The first kappa shape index (κ1) is 16.7. The summed E-state index contributed by atoms with van der Waals surface area (Å²) in [5.74, 6) is -0.408. The number of benzene rings is 2. The van der Waals surface area contributed by atoms with Crippen molar-refractivity contribution in [3.05, 3.63) is 71.3 Å². The summed E-state index contributed by atoms with van der Waals surface area (Å²) >= 11 is 0. The molecule has 23 heavy (non-hydrogen) atoms. The van der Waals surface area contributed by atoms with Crippen LogP contribution in [0.5, 0.6) is 0 Å². The molecule has 0 saturated carbocycles. The van der Waals surface area contributed by atoms with E-state index in [2.05, 4.69) is 4.74 Å². The van der Waals surface area contributed by atoms with Crippen molar-refractivity contribution >= 4 is 11.9 Å². The Bertz CT molecular complexity index is 650. The van der Waals surface area contributed by atoms with Gasteiger partial charge in [0.2, 0.25) is 0 Å². The first-order valence-electron chi connectivity index (χ1n) is 7.57. The van der Waals surface area contributed by atoms with E-state index in [9.17, 15) is 9.59 Å². The van der Waals surface area contributed by atoms with Gasteiger partial charge in [-0.1, -0.05) is 48.0 Å². The molecule has 0 heterocycles. The molecular weight excluding hydrogens is 290 g/mol. The van der Waals surface area contributed by atoms with Gasteiger partial charge in [0, 0.05) is 18.7 Å². The Balaban J connectivity index is 2.15. The lowest BCUT2D eigenvalue weighted by molar-refractivity contribution is -0.140. The largest absolute Gasteiger partial charge is 0.469 e. The molecule has 2 rings (SSSR count). The first-order chi connectivity index (χ1) is 11.1. The van der Waals surface area contributed by atoms with E-state index in [4.69, 9.17) is 0 Å². The maximum atomic E-state index is 12.7. The summed E-state index contributed by atoms with van der Waals surface area (Å²) in [6.45, 7) is 2.81. The van der Waals surface area contributed by atoms with Crippen molar-refractivity contribution < 1.29 is 14.3 Å². The summed E-state index contributed by atoms with van der Waals surface area (Å²) in [6.07, 6.45) is 0.181. The van der Waals surface area contributed by atoms with Gasteiger partial charge in [0.1, 0.15) is 0 Å². The molecule has 0 aliphatic heterocycles. The number of carbonyl (C=O) groups excluding carboxylic acids is 2. The predicted molar refractivity (Wildman–Crippen MR) is 89.0 cm³/mol. The van der Waals surface area contributed by atoms with Crippen molar-refractivity contribution in [3.8, 4) is 0 Å². The Kier molecular flexibility index (Phi) is 5.92. The molecule has 0 aliphatic carbocycles. The quantitative estimate of drug-likeness (QED) is 0.770. The van der Waals surface area contributed by atoms with Gasteiger partial charge in [-0.3, -0.25) is 9.59 Å². The van der Waals surface area contributed by atoms with Crippen molar-refractivity contribution in [1.29, 1.82) is 0 Å². The summed E-state index contributed by atoms with van der Waals surface area (Å²) < 4.78 is 4.68. The van der Waals surface area contributed by atoms with Gasteiger partial charge in [-0.15, -0.1) is 0 Å². The summed E-state index contributed by atoms with van der Waals surface area (Å²) in [4.78, 5) is 25.8. The zero-order chi connectivity index (χ0) is 16.7. The maximum Gasteiger partial charge on any atom is 0.307 e. The number of aryl methyl sites for hydroxylation is 1. The predicted octanol–water partition coefficient (Wildman–Crippen LogP) is 3.20. The van der Waals surface area contributed by atoms with Crippen LogP contribution in [0.15, 0.2) is 54.6 Å². The molecule has 0 aromatic heterocycles. The normalized spacial score (nSPS) is 10.2. The summed E-state index contributed by atoms with van der Waals surface area (Å²) in [5.41, 5.74) is 2.82. The number of carbonyl (C=O) groups is 2. The molecule has 0 aliphatic rings. The monoisotopic (exact) mass is 311 g/mol. The highest BCUT2D eigenvalue weighted by atomic mass is 16.5. The Morgan fingerprint density at radius 1 is 1.00 bits per heavy atom. The van der Waals surface area contributed by atoms with E-state index in [0.717, 1.165) is 5.56 Å². The van der Waals surface area contributed by atoms with E-state index in [1.807, 2.05) is 49.4 Å². The van der Waals surface area contributed by atoms with E-state index < -0.39 is 0 Å². The lowest BCUT2D eigenvalue weighted by atomic mass is 10.1. The second kappa shape index (κ2) is 8.13. The fraction of sp³-hybridized carbons (Fsp3) is 0.263. The molecule has 2 aromatic carbocycles. The number of hydrogen-bond donors (Lipinski definition) is 0. The number of nitrogens with zero attached hydrogens (tertiary/aromatic N) is 1. The van der Waals surface area contributed by atoms with Crippen molar-refractivity contribution in [2.24, 2.45) is 0 Å². The van der Waals surface area contributed by atoms with E-state index in [1.54, 1.807) is 17.0 Å². The molecule has 0 unspecified atom stereocenters. The van der Waals surface area contributed by atoms with Gasteiger partial charge in [0.15, 0.2) is 0 Å². The number of ether oxygens (including phenoxy) is 1. The summed E-state index contributed by atoms with van der Waals surface area (Å²) in [7, 11) is 1.35. The fourth-order valence-electron chi connectivity index (χ4n) is 2.26. The van der Waals surface area contributed by atoms with Gasteiger partial charge in [-0.25, -0.2) is 0 Å². The lowest BCUT2D eigenvalue weighted by Crippen LogP contribution is -2.32. The number of hydrogen-bond acceptors (Lipinski definition) is 3. The summed E-state index contributed by atoms with van der Waals surface area (Å²) in [5, 5.41) is 0. The second-order valence-corrected chi connectivity index (χ2v) is 5.40. The Morgan fingerprint density at radius 2 is 1.65 bits per heavy atom. The SMILES string of the molecule is COC(=O)CCN(Cc1ccc(C)cc1)C(=O)c1ccccc1. The molecule has 0 fully saturated rings. The average Bonchev–Trinajstić information content (AvgIpc) is 2.60. The number of esters is 1. The standard InChI is InChI=1S/C19H21NO3/c1-15-8-10-16(11-9-15)14-20(13-12-18(21)23-2)19(22)17-6-4-3-5-7-17/h3-11H,12-14H2,1-2H3. The van der Waals surface area contributed by atoms with E-state index in [1.165, 1.54) is 12.7 Å². The third-order valence-electron chi connectivity index (χ3n) is 3.62. The van der Waals surface area contributed by atoms with E-state index in [0.29, 0.717) is 18.7 Å². The van der Waals surface area contributed by atoms with Crippen LogP contribution < -0.4 is 0 Å². The third-order valence-corrected chi connectivity index (χ3v) is 3.62. The number of rotatable bonds is 6. The molecule has 0 bridgehead atoms. The van der Waals surface area contributed by atoms with Crippen LogP contribution in [0.2, 0.25) is 0 Å². The van der Waals surface area contributed by atoms with Gasteiger partial charge < -0.3 is 9.64 Å². The van der Waals surface area contributed by atoms with Crippen molar-refractivity contribution in [3.63, 3.8) is 0 Å². The highest BCUT2D eigenvalue weighted by Crippen LogP contribution is 2.12. The molecule has 2 aromatic rings. The zero-order valence-corrected chi connectivity index (χ0v) is 13.5. The molecule has 1 amide bonds. The average molecular weight is 311 g/mol. The van der Waals surface area contributed by atoms with E-state index in [-0.39, 0.29) is 18.3 Å². The molecule has 0 spiro atoms. The highest BCUT2D eigenvalue weighted by molar-refractivity contribution is 5.94. The van der Waals surface area contributed by atoms with Gasteiger partial charge >= 0.3 is 5.97 Å². The van der Waals surface area contributed by atoms with Crippen LogP contribution in [-0.4, -0.2) is 30.4 Å². The zero-order valence-electron chi connectivity index (χ0n) is 13.5. The number of amides is 1. The van der Waals surface area contributed by atoms with Gasteiger partial charge in [-0.05, 0) is 24.6 Å². The van der Waals surface area contributed by atoms with E-state index >= 15 is 0 Å². The van der Waals surface area contributed by atoms with Crippen LogP contribution in [0.25, 0.3) is 0 Å². The fourth-order valence-corrected chi connectivity index (χ4v) is 2.26. The van der Waals surface area contributed by atoms with Gasteiger partial charge in [0.05, 0.1) is 13.5 Å². The minimum absolute atomic E-state index is 0.0879. The molecule has 120 valence electrons. The Labute approximate surface area is 136 Å². The van der Waals surface area contributed by atoms with Crippen LogP contribution in [0.1, 0.15) is 27.9 Å². The van der Waals surface area contributed by atoms with Crippen LogP contribution in [0.4, 0.5) is 0 Å². The van der Waals surface area contributed by atoms with Gasteiger partial charge in [0.25, 0.3) is 5.91 Å². The topological polar surface area (TPSA) is 46.6 Å². The van der Waals surface area contributed by atoms with Crippen LogP contribution >= 0.6 is 0 Å². The van der Waals surface area contributed by atoms with Crippen LogP contribution in [0.3, 0.4) is 0 Å². The Morgan fingerprint density at radius 3 is 2.26 bits per heavy atom. The van der Waals surface area contributed by atoms with Crippen molar-refractivity contribution in [2.45, 2.75) is 19.9 Å². The van der Waals surface area contributed by atoms with Crippen molar-refractivity contribution in [2.75, 3.05) is 13.7 Å². The molecule has 4 nitrogen and oxygen atoms in total. The molecule has 4 heteroatoms. The third kappa shape index (κ3) is 4.95. The number of methoxy groups -OCH3 is 1. The molecule has 0 atom stereocenters. The van der Waals surface area contributed by atoms with Crippen LogP contribution in [0, 0.1) is 6.92 Å². The molecule has 0 radical (unpaired) electrons. The molecular formula is C19H21NO3. The second-order valence-electron chi connectivity index (χ2n) is 5.40. The molecule has 0 N–H and O–H groups in total. The minimum Gasteiger partial charge on any atom is -0.469 e. The Hall–Kier alpha value is -2.62. The van der Waals surface area contributed by atoms with Gasteiger partial charge in [-0.2, -0.15) is 0 Å². The molecule has 0 saturated heterocycles. The maximum absolute atomic E-state index is 12.7. The van der Waals surface area contributed by atoms with Crippen LogP contribution in [-0.2, 0) is 16.1 Å². The lowest BCUT2D eigenvalue weighted by Gasteiger charge is -2.22. The first-order valence-corrected chi connectivity index (χ1v) is 7.57. The minimum atomic E-state index is -0.320. The summed E-state index contributed by atoms with van der Waals surface area (Å²) in [6, 6.07) is 17.1. The smallest absolute Gasteiger partial charge is 0.307 e. The van der Waals surface area contributed by atoms with Crippen molar-refractivity contribution in [1.82, 2.24) is 4.90 Å².